The van der Waals surface area contributed by atoms with E-state index in [-0.39, 0.29) is 0 Å². The molecule has 0 radical (unpaired) electrons. The van der Waals surface area contributed by atoms with Crippen LogP contribution in [0.4, 0.5) is 0 Å². The Morgan fingerprint density at radius 2 is 2.13 bits per heavy atom. The smallest absolute Gasteiger partial charge is 0.221 e. The lowest BCUT2D eigenvalue weighted by Gasteiger charge is -2.16. The van der Waals surface area contributed by atoms with Crippen molar-refractivity contribution in [3.8, 4) is 5.75 Å². The number of hydrogen-bond acceptors (Lipinski definition) is 4. The molecule has 1 aromatic rings. The lowest BCUT2D eigenvalue weighted by Crippen LogP contribution is -2.23. The van der Waals surface area contributed by atoms with E-state index in [1.54, 1.807) is 0 Å². The summed E-state index contributed by atoms with van der Waals surface area (Å²) in [6.45, 7) is 1.65. The maximum atomic E-state index is 5.16. The van der Waals surface area contributed by atoms with Gasteiger partial charge in [0.2, 0.25) is 5.76 Å². The van der Waals surface area contributed by atoms with Gasteiger partial charge in [-0.1, -0.05) is 18.2 Å². The first-order valence-corrected chi connectivity index (χ1v) is 4.87. The van der Waals surface area contributed by atoms with Crippen LogP contribution < -0.4 is 10.2 Å². The molecule has 2 aliphatic rings. The van der Waals surface area contributed by atoms with E-state index in [2.05, 4.69) is 10.3 Å². The first kappa shape index (κ1) is 8.35. The van der Waals surface area contributed by atoms with E-state index >= 15 is 0 Å². The van der Waals surface area contributed by atoms with Gasteiger partial charge < -0.3 is 5.32 Å². The molecule has 15 heavy (non-hydrogen) atoms. The van der Waals surface area contributed by atoms with Gasteiger partial charge in [0.05, 0.1) is 6.54 Å². The Kier molecular flexibility index (Phi) is 1.84. The fourth-order valence-corrected chi connectivity index (χ4v) is 1.60. The topological polar surface area (TPSA) is 42.9 Å². The highest BCUT2D eigenvalue weighted by molar-refractivity contribution is 6.01. The SMILES string of the molecule is C1=C(C2=NCCN2)OOc2ccccc21. The highest BCUT2D eigenvalue weighted by Gasteiger charge is 2.19. The molecule has 76 valence electrons. The molecule has 0 spiro atoms. The minimum absolute atomic E-state index is 0.645. The van der Waals surface area contributed by atoms with E-state index in [9.17, 15) is 0 Å². The van der Waals surface area contributed by atoms with E-state index in [0.717, 1.165) is 30.2 Å². The molecule has 0 saturated carbocycles. The quantitative estimate of drug-likeness (QED) is 0.699. The van der Waals surface area contributed by atoms with Gasteiger partial charge in [0, 0.05) is 18.2 Å². The van der Waals surface area contributed by atoms with Gasteiger partial charge in [0.15, 0.2) is 11.6 Å². The van der Waals surface area contributed by atoms with Crippen LogP contribution in [0.5, 0.6) is 5.75 Å². The molecule has 0 bridgehead atoms. The first-order valence-electron chi connectivity index (χ1n) is 4.87. The second-order valence-electron chi connectivity index (χ2n) is 3.37. The summed E-state index contributed by atoms with van der Waals surface area (Å²) in [5.41, 5.74) is 1.01. The highest BCUT2D eigenvalue weighted by atomic mass is 17.2. The third-order valence-electron chi connectivity index (χ3n) is 2.33. The minimum atomic E-state index is 0.645. The van der Waals surface area contributed by atoms with Crippen molar-refractivity contribution in [3.05, 3.63) is 35.6 Å². The molecule has 1 aromatic carbocycles. The van der Waals surface area contributed by atoms with Crippen LogP contribution in [0.25, 0.3) is 6.08 Å². The van der Waals surface area contributed by atoms with Crippen molar-refractivity contribution in [3.63, 3.8) is 0 Å². The third-order valence-corrected chi connectivity index (χ3v) is 2.33. The summed E-state index contributed by atoms with van der Waals surface area (Å²) in [4.78, 5) is 14.6. The Morgan fingerprint density at radius 1 is 1.20 bits per heavy atom. The normalized spacial score (nSPS) is 17.9. The molecule has 4 nitrogen and oxygen atoms in total. The highest BCUT2D eigenvalue weighted by Crippen LogP contribution is 2.26. The number of hydrogen-bond donors (Lipinski definition) is 1. The Hall–Kier alpha value is -1.97. The van der Waals surface area contributed by atoms with Gasteiger partial charge in [-0.2, -0.15) is 0 Å². The van der Waals surface area contributed by atoms with Crippen LogP contribution in [0.3, 0.4) is 0 Å². The van der Waals surface area contributed by atoms with E-state index in [0.29, 0.717) is 5.76 Å². The molecule has 2 heterocycles. The number of aliphatic imine (C=N–C) groups is 1. The van der Waals surface area contributed by atoms with Gasteiger partial charge in [0.25, 0.3) is 0 Å². The fourth-order valence-electron chi connectivity index (χ4n) is 1.60. The van der Waals surface area contributed by atoms with Gasteiger partial charge in [-0.25, -0.2) is 0 Å². The number of para-hydroxylation sites is 1. The monoisotopic (exact) mass is 202 g/mol. The van der Waals surface area contributed by atoms with Crippen LogP contribution in [0.2, 0.25) is 0 Å². The molecule has 4 heteroatoms. The Bertz CT molecular complexity index is 452. The maximum absolute atomic E-state index is 5.16. The standard InChI is InChI=1S/C11H10N2O2/c1-2-4-9-8(3-1)7-10(15-14-9)11-12-5-6-13-11/h1-4,7H,5-6H2,(H,12,13). The first-order chi connectivity index (χ1) is 7.43. The Morgan fingerprint density at radius 3 is 3.00 bits per heavy atom. The molecule has 0 unspecified atom stereocenters. The average molecular weight is 202 g/mol. The molecule has 1 N–H and O–H groups in total. The maximum Gasteiger partial charge on any atom is 0.221 e. The summed E-state index contributed by atoms with van der Waals surface area (Å²) in [6.07, 6.45) is 1.93. The number of rotatable bonds is 1. The lowest BCUT2D eigenvalue weighted by molar-refractivity contribution is -0.160. The zero-order valence-corrected chi connectivity index (χ0v) is 8.06. The fraction of sp³-hybridized carbons (Fsp3) is 0.182. The minimum Gasteiger partial charge on any atom is -0.365 e. The molecule has 0 amide bonds. The number of nitrogens with one attached hydrogen (secondary N) is 1. The molecule has 0 aromatic heterocycles. The predicted molar refractivity (Wildman–Crippen MR) is 56.4 cm³/mol. The molecule has 0 fully saturated rings. The molecule has 2 aliphatic heterocycles. The lowest BCUT2D eigenvalue weighted by atomic mass is 10.1. The largest absolute Gasteiger partial charge is 0.365 e. The van der Waals surface area contributed by atoms with Gasteiger partial charge in [0.1, 0.15) is 0 Å². The number of amidine groups is 1. The predicted octanol–water partition coefficient (Wildman–Crippen LogP) is 1.35. The molecular formula is C11H10N2O2. The second kappa shape index (κ2) is 3.31. The van der Waals surface area contributed by atoms with Crippen LogP contribution in [-0.2, 0) is 4.89 Å². The van der Waals surface area contributed by atoms with Gasteiger partial charge in [-0.3, -0.25) is 14.8 Å². The number of benzene rings is 1. The van der Waals surface area contributed by atoms with E-state index in [4.69, 9.17) is 9.78 Å². The van der Waals surface area contributed by atoms with Crippen molar-refractivity contribution in [2.75, 3.05) is 13.1 Å². The third kappa shape index (κ3) is 1.44. The van der Waals surface area contributed by atoms with Crippen LogP contribution >= 0.6 is 0 Å². The zero-order valence-electron chi connectivity index (χ0n) is 8.06. The van der Waals surface area contributed by atoms with Crippen molar-refractivity contribution < 1.29 is 9.78 Å². The van der Waals surface area contributed by atoms with Crippen LogP contribution in [0.1, 0.15) is 5.56 Å². The molecular weight excluding hydrogens is 192 g/mol. The Balaban J connectivity index is 1.98. The molecule has 0 atom stereocenters. The zero-order chi connectivity index (χ0) is 10.1. The van der Waals surface area contributed by atoms with Crippen molar-refractivity contribution >= 4 is 11.9 Å². The summed E-state index contributed by atoms with van der Waals surface area (Å²) in [5.74, 6) is 2.15. The molecule has 0 saturated heterocycles. The summed E-state index contributed by atoms with van der Waals surface area (Å²) in [5, 5.41) is 3.13. The van der Waals surface area contributed by atoms with Gasteiger partial charge in [-0.15, -0.1) is 0 Å². The summed E-state index contributed by atoms with van der Waals surface area (Å²) in [6, 6.07) is 7.72. The van der Waals surface area contributed by atoms with Crippen molar-refractivity contribution in [2.45, 2.75) is 0 Å². The van der Waals surface area contributed by atoms with E-state index in [1.807, 2.05) is 30.3 Å². The number of fused-ring (bicyclic) bond motifs is 1. The van der Waals surface area contributed by atoms with Crippen LogP contribution in [-0.4, -0.2) is 18.9 Å². The van der Waals surface area contributed by atoms with Crippen molar-refractivity contribution in [1.29, 1.82) is 0 Å². The summed E-state index contributed by atoms with van der Waals surface area (Å²) < 4.78 is 0. The summed E-state index contributed by atoms with van der Waals surface area (Å²) in [7, 11) is 0. The van der Waals surface area contributed by atoms with Crippen molar-refractivity contribution in [2.24, 2.45) is 4.99 Å². The van der Waals surface area contributed by atoms with Gasteiger partial charge >= 0.3 is 0 Å². The van der Waals surface area contributed by atoms with Crippen LogP contribution in [0, 0.1) is 0 Å². The molecule has 0 aliphatic carbocycles. The molecule has 3 rings (SSSR count). The van der Waals surface area contributed by atoms with E-state index in [1.165, 1.54) is 0 Å². The Labute approximate surface area is 87.2 Å². The van der Waals surface area contributed by atoms with E-state index < -0.39 is 0 Å². The average Bonchev–Trinajstić information content (AvgIpc) is 2.82. The van der Waals surface area contributed by atoms with Crippen molar-refractivity contribution in [1.82, 2.24) is 5.32 Å². The number of nitrogens with zero attached hydrogens (tertiary/aromatic N) is 1. The van der Waals surface area contributed by atoms with Crippen LogP contribution in [0.15, 0.2) is 35.0 Å². The second-order valence-corrected chi connectivity index (χ2v) is 3.37. The van der Waals surface area contributed by atoms with Gasteiger partial charge in [-0.05, 0) is 6.07 Å². The summed E-state index contributed by atoms with van der Waals surface area (Å²) >= 11 is 0.